The van der Waals surface area contributed by atoms with Gasteiger partial charge in [0.05, 0.1) is 5.66 Å². The number of amides is 1. The van der Waals surface area contributed by atoms with Crippen LogP contribution < -0.4 is 10.6 Å². The summed E-state index contributed by atoms with van der Waals surface area (Å²) in [6.07, 6.45) is 0. The van der Waals surface area contributed by atoms with Crippen molar-refractivity contribution in [2.24, 2.45) is 0 Å². The molecule has 1 amide bonds. The molecular weight excluding hydrogens is 166 g/mol. The van der Waals surface area contributed by atoms with Crippen LogP contribution in [-0.4, -0.2) is 41.6 Å². The summed E-state index contributed by atoms with van der Waals surface area (Å²) in [5.41, 5.74) is -0.169. The zero-order valence-corrected chi connectivity index (χ0v) is 8.42. The van der Waals surface area contributed by atoms with Crippen molar-refractivity contribution in [1.82, 2.24) is 15.5 Å². The minimum atomic E-state index is -0.169. The molecule has 2 rings (SSSR count). The van der Waals surface area contributed by atoms with E-state index in [1.807, 2.05) is 0 Å². The summed E-state index contributed by atoms with van der Waals surface area (Å²) in [6, 6.07) is 0.277. The number of hydrogen-bond donors (Lipinski definition) is 2. The van der Waals surface area contributed by atoms with E-state index in [0.29, 0.717) is 0 Å². The molecule has 2 fully saturated rings. The number of piperazine rings is 1. The molecule has 0 spiro atoms. The van der Waals surface area contributed by atoms with Crippen LogP contribution in [0.25, 0.3) is 0 Å². The number of nitrogens with zero attached hydrogens (tertiary/aromatic N) is 1. The number of carbonyl (C=O) groups is 1. The van der Waals surface area contributed by atoms with Crippen LogP contribution in [0.15, 0.2) is 0 Å². The highest BCUT2D eigenvalue weighted by Crippen LogP contribution is 2.25. The topological polar surface area (TPSA) is 44.4 Å². The number of fused-ring (bicyclic) bond motifs is 1. The molecular formula is C9H17N3O. The third-order valence-electron chi connectivity index (χ3n) is 3.04. The molecule has 2 heterocycles. The van der Waals surface area contributed by atoms with Crippen LogP contribution in [0.2, 0.25) is 0 Å². The number of rotatable bonds is 0. The molecule has 74 valence electrons. The summed E-state index contributed by atoms with van der Waals surface area (Å²) in [5.74, 6) is 0.157. The quantitative estimate of drug-likeness (QED) is 0.533. The van der Waals surface area contributed by atoms with Gasteiger partial charge in [-0.05, 0) is 20.8 Å². The first-order chi connectivity index (χ1) is 6.02. The van der Waals surface area contributed by atoms with Crippen LogP contribution in [-0.2, 0) is 4.79 Å². The molecule has 0 bridgehead atoms. The van der Waals surface area contributed by atoms with Crippen LogP contribution in [0.1, 0.15) is 20.8 Å². The Labute approximate surface area is 78.7 Å². The van der Waals surface area contributed by atoms with Crippen molar-refractivity contribution in [2.45, 2.75) is 38.5 Å². The summed E-state index contributed by atoms with van der Waals surface area (Å²) in [6.45, 7) is 8.10. The van der Waals surface area contributed by atoms with Gasteiger partial charge in [0.2, 0.25) is 5.91 Å². The number of carbonyl (C=O) groups excluding carboxylic acids is 1. The highest BCUT2D eigenvalue weighted by atomic mass is 16.2. The van der Waals surface area contributed by atoms with E-state index in [4.69, 9.17) is 0 Å². The SMILES string of the molecule is C[C@H]1NCCN2[C@H]1C(=O)NC2(C)C. The van der Waals surface area contributed by atoms with E-state index in [9.17, 15) is 4.79 Å². The summed E-state index contributed by atoms with van der Waals surface area (Å²) in [7, 11) is 0. The predicted octanol–water partition coefficient (Wildman–Crippen LogP) is -0.485. The first-order valence-corrected chi connectivity index (χ1v) is 4.84. The third-order valence-corrected chi connectivity index (χ3v) is 3.04. The standard InChI is InChI=1S/C9H17N3O/c1-6-7-8(13)11-9(2,3)12(7)5-4-10-6/h6-7,10H,4-5H2,1-3H3,(H,11,13)/t6-,7-/m1/s1. The Kier molecular flexibility index (Phi) is 1.85. The lowest BCUT2D eigenvalue weighted by atomic mass is 10.1. The molecule has 2 atom stereocenters. The fraction of sp³-hybridized carbons (Fsp3) is 0.889. The Bertz CT molecular complexity index is 239. The number of nitrogens with one attached hydrogen (secondary N) is 2. The van der Waals surface area contributed by atoms with Crippen molar-refractivity contribution in [3.8, 4) is 0 Å². The lowest BCUT2D eigenvalue weighted by Crippen LogP contribution is -2.60. The van der Waals surface area contributed by atoms with Crippen molar-refractivity contribution in [3.63, 3.8) is 0 Å². The van der Waals surface area contributed by atoms with E-state index in [-0.39, 0.29) is 23.7 Å². The molecule has 2 N–H and O–H groups in total. The maximum absolute atomic E-state index is 11.6. The Morgan fingerprint density at radius 3 is 2.85 bits per heavy atom. The molecule has 2 aliphatic rings. The first kappa shape index (κ1) is 8.97. The Balaban J connectivity index is 2.26. The lowest BCUT2D eigenvalue weighted by molar-refractivity contribution is -0.122. The maximum Gasteiger partial charge on any atom is 0.240 e. The Morgan fingerprint density at radius 2 is 2.23 bits per heavy atom. The van der Waals surface area contributed by atoms with E-state index in [2.05, 4.69) is 36.3 Å². The van der Waals surface area contributed by atoms with Gasteiger partial charge in [-0.25, -0.2) is 0 Å². The van der Waals surface area contributed by atoms with E-state index < -0.39 is 0 Å². The van der Waals surface area contributed by atoms with Gasteiger partial charge in [-0.3, -0.25) is 9.69 Å². The van der Waals surface area contributed by atoms with Gasteiger partial charge in [0.1, 0.15) is 6.04 Å². The molecule has 0 unspecified atom stereocenters. The molecule has 0 aromatic carbocycles. The van der Waals surface area contributed by atoms with E-state index in [1.165, 1.54) is 0 Å². The summed E-state index contributed by atoms with van der Waals surface area (Å²) in [5, 5.41) is 6.33. The smallest absolute Gasteiger partial charge is 0.240 e. The summed E-state index contributed by atoms with van der Waals surface area (Å²) < 4.78 is 0. The van der Waals surface area contributed by atoms with Gasteiger partial charge in [-0.1, -0.05) is 0 Å². The molecule has 0 radical (unpaired) electrons. The second-order valence-electron chi connectivity index (χ2n) is 4.43. The van der Waals surface area contributed by atoms with Crippen molar-refractivity contribution in [1.29, 1.82) is 0 Å². The van der Waals surface area contributed by atoms with Gasteiger partial charge in [-0.15, -0.1) is 0 Å². The van der Waals surface area contributed by atoms with Gasteiger partial charge in [0, 0.05) is 19.1 Å². The molecule has 0 saturated carbocycles. The largest absolute Gasteiger partial charge is 0.337 e. The lowest BCUT2D eigenvalue weighted by Gasteiger charge is -2.39. The van der Waals surface area contributed by atoms with Crippen molar-refractivity contribution >= 4 is 5.91 Å². The average molecular weight is 183 g/mol. The Morgan fingerprint density at radius 1 is 1.54 bits per heavy atom. The third kappa shape index (κ3) is 1.25. The van der Waals surface area contributed by atoms with Gasteiger partial charge in [-0.2, -0.15) is 0 Å². The molecule has 2 saturated heterocycles. The van der Waals surface area contributed by atoms with Gasteiger partial charge in [0.15, 0.2) is 0 Å². The summed E-state index contributed by atoms with van der Waals surface area (Å²) >= 11 is 0. The normalized spacial score (nSPS) is 38.5. The molecule has 13 heavy (non-hydrogen) atoms. The van der Waals surface area contributed by atoms with Crippen LogP contribution >= 0.6 is 0 Å². The maximum atomic E-state index is 11.6. The Hall–Kier alpha value is -0.610. The predicted molar refractivity (Wildman–Crippen MR) is 50.2 cm³/mol. The highest BCUT2D eigenvalue weighted by Gasteiger charge is 2.48. The van der Waals surface area contributed by atoms with Crippen molar-refractivity contribution < 1.29 is 4.79 Å². The molecule has 4 heteroatoms. The molecule has 2 aliphatic heterocycles. The monoisotopic (exact) mass is 183 g/mol. The fourth-order valence-electron chi connectivity index (χ4n) is 2.38. The van der Waals surface area contributed by atoms with Crippen molar-refractivity contribution in [3.05, 3.63) is 0 Å². The summed E-state index contributed by atoms with van der Waals surface area (Å²) in [4.78, 5) is 13.9. The van der Waals surface area contributed by atoms with E-state index in [0.717, 1.165) is 13.1 Å². The van der Waals surface area contributed by atoms with Gasteiger partial charge < -0.3 is 10.6 Å². The van der Waals surface area contributed by atoms with Crippen molar-refractivity contribution in [2.75, 3.05) is 13.1 Å². The van der Waals surface area contributed by atoms with Crippen LogP contribution in [0, 0.1) is 0 Å². The average Bonchev–Trinajstić information content (AvgIpc) is 2.24. The molecule has 0 aromatic heterocycles. The second-order valence-corrected chi connectivity index (χ2v) is 4.43. The van der Waals surface area contributed by atoms with Crippen LogP contribution in [0.4, 0.5) is 0 Å². The molecule has 0 aliphatic carbocycles. The fourth-order valence-corrected chi connectivity index (χ4v) is 2.38. The van der Waals surface area contributed by atoms with Crippen LogP contribution in [0.5, 0.6) is 0 Å². The van der Waals surface area contributed by atoms with Gasteiger partial charge >= 0.3 is 0 Å². The van der Waals surface area contributed by atoms with Crippen LogP contribution in [0.3, 0.4) is 0 Å². The number of hydrogen-bond acceptors (Lipinski definition) is 3. The van der Waals surface area contributed by atoms with E-state index in [1.54, 1.807) is 0 Å². The minimum Gasteiger partial charge on any atom is -0.337 e. The second kappa shape index (κ2) is 2.69. The first-order valence-electron chi connectivity index (χ1n) is 4.84. The molecule has 4 nitrogen and oxygen atoms in total. The van der Waals surface area contributed by atoms with Gasteiger partial charge in [0.25, 0.3) is 0 Å². The van der Waals surface area contributed by atoms with E-state index >= 15 is 0 Å². The zero-order chi connectivity index (χ0) is 9.64. The minimum absolute atomic E-state index is 0.0174. The highest BCUT2D eigenvalue weighted by molar-refractivity contribution is 5.85. The zero-order valence-electron chi connectivity index (χ0n) is 8.42. The molecule has 0 aromatic rings.